The molecule has 1 saturated carbocycles. The Kier molecular flexibility index (Phi) is 4.65. The van der Waals surface area contributed by atoms with E-state index < -0.39 is 0 Å². The maximum atomic E-state index is 13.1. The largest absolute Gasteiger partial charge is 0.378 e. The fraction of sp³-hybridized carbons (Fsp3) is 0.435. The van der Waals surface area contributed by atoms with Crippen LogP contribution in [0.25, 0.3) is 11.1 Å². The SMILES string of the molecule is O=C(c1ccc(-c2ccc(F)cc2)cc1)N1CCN2[C@@H](COC[C@@H]2C2CC2)C1. The highest BCUT2D eigenvalue weighted by Crippen LogP contribution is 2.38. The summed E-state index contributed by atoms with van der Waals surface area (Å²) in [6, 6.07) is 14.9. The third kappa shape index (κ3) is 3.45. The van der Waals surface area contributed by atoms with Crippen LogP contribution in [0.3, 0.4) is 0 Å². The first-order valence-electron chi connectivity index (χ1n) is 10.2. The van der Waals surface area contributed by atoms with Crippen molar-refractivity contribution in [1.29, 1.82) is 0 Å². The van der Waals surface area contributed by atoms with Gasteiger partial charge in [-0.05, 0) is 54.2 Å². The molecule has 2 aliphatic heterocycles. The van der Waals surface area contributed by atoms with E-state index in [-0.39, 0.29) is 11.7 Å². The van der Waals surface area contributed by atoms with Gasteiger partial charge >= 0.3 is 0 Å². The molecule has 2 aromatic rings. The van der Waals surface area contributed by atoms with Gasteiger partial charge in [0.25, 0.3) is 5.91 Å². The van der Waals surface area contributed by atoms with Crippen LogP contribution in [0.15, 0.2) is 48.5 Å². The van der Waals surface area contributed by atoms with E-state index in [9.17, 15) is 9.18 Å². The van der Waals surface area contributed by atoms with Crippen molar-refractivity contribution in [2.45, 2.75) is 24.9 Å². The normalized spacial score (nSPS) is 25.4. The average Bonchev–Trinajstić information content (AvgIpc) is 3.58. The Morgan fingerprint density at radius 2 is 1.61 bits per heavy atom. The van der Waals surface area contributed by atoms with Gasteiger partial charge in [0.05, 0.1) is 19.3 Å². The zero-order valence-electron chi connectivity index (χ0n) is 15.9. The van der Waals surface area contributed by atoms with Crippen molar-refractivity contribution < 1.29 is 13.9 Å². The molecule has 0 radical (unpaired) electrons. The molecule has 3 aliphatic rings. The highest BCUT2D eigenvalue weighted by Gasteiger charge is 2.43. The van der Waals surface area contributed by atoms with E-state index in [0.717, 1.165) is 49.9 Å². The van der Waals surface area contributed by atoms with E-state index in [1.165, 1.54) is 25.0 Å². The Bertz CT molecular complexity index is 848. The Hall–Kier alpha value is -2.24. The van der Waals surface area contributed by atoms with Crippen molar-refractivity contribution in [3.63, 3.8) is 0 Å². The summed E-state index contributed by atoms with van der Waals surface area (Å²) in [4.78, 5) is 17.6. The van der Waals surface area contributed by atoms with Crippen molar-refractivity contribution in [3.8, 4) is 11.1 Å². The van der Waals surface area contributed by atoms with Crippen molar-refractivity contribution >= 4 is 5.91 Å². The zero-order valence-corrected chi connectivity index (χ0v) is 15.9. The van der Waals surface area contributed by atoms with E-state index in [2.05, 4.69) is 4.90 Å². The number of piperazine rings is 1. The summed E-state index contributed by atoms with van der Waals surface area (Å²) in [7, 11) is 0. The molecule has 0 bridgehead atoms. The van der Waals surface area contributed by atoms with Gasteiger partial charge in [-0.1, -0.05) is 24.3 Å². The second-order valence-electron chi connectivity index (χ2n) is 8.17. The van der Waals surface area contributed by atoms with E-state index >= 15 is 0 Å². The van der Waals surface area contributed by atoms with E-state index in [4.69, 9.17) is 4.74 Å². The number of morpholine rings is 1. The smallest absolute Gasteiger partial charge is 0.253 e. The predicted octanol–water partition coefficient (Wildman–Crippen LogP) is 3.43. The quantitative estimate of drug-likeness (QED) is 0.818. The van der Waals surface area contributed by atoms with Crippen molar-refractivity contribution in [2.75, 3.05) is 32.8 Å². The first kappa shape index (κ1) is 17.8. The number of benzene rings is 2. The van der Waals surface area contributed by atoms with Crippen LogP contribution >= 0.6 is 0 Å². The van der Waals surface area contributed by atoms with Gasteiger partial charge in [-0.15, -0.1) is 0 Å². The number of hydrogen-bond acceptors (Lipinski definition) is 3. The van der Waals surface area contributed by atoms with E-state index in [1.807, 2.05) is 29.2 Å². The number of amides is 1. The maximum absolute atomic E-state index is 13.1. The maximum Gasteiger partial charge on any atom is 0.253 e. The number of rotatable bonds is 3. The van der Waals surface area contributed by atoms with Gasteiger partial charge < -0.3 is 9.64 Å². The summed E-state index contributed by atoms with van der Waals surface area (Å²) >= 11 is 0. The van der Waals surface area contributed by atoms with Crippen molar-refractivity contribution in [1.82, 2.24) is 9.80 Å². The Morgan fingerprint density at radius 1 is 0.929 bits per heavy atom. The van der Waals surface area contributed by atoms with Gasteiger partial charge in [0.15, 0.2) is 0 Å². The molecule has 0 aromatic heterocycles. The second kappa shape index (κ2) is 7.30. The molecule has 2 heterocycles. The van der Waals surface area contributed by atoms with Crippen LogP contribution in [0.4, 0.5) is 4.39 Å². The minimum absolute atomic E-state index is 0.0823. The van der Waals surface area contributed by atoms with Crippen LogP contribution in [0.5, 0.6) is 0 Å². The molecule has 1 aliphatic carbocycles. The summed E-state index contributed by atoms with van der Waals surface area (Å²) in [5, 5.41) is 0. The third-order valence-electron chi connectivity index (χ3n) is 6.32. The minimum atomic E-state index is -0.245. The van der Waals surface area contributed by atoms with Gasteiger partial charge in [0.1, 0.15) is 5.82 Å². The summed E-state index contributed by atoms with van der Waals surface area (Å²) < 4.78 is 19.0. The van der Waals surface area contributed by atoms with Crippen LogP contribution in [-0.4, -0.2) is 60.6 Å². The van der Waals surface area contributed by atoms with Crippen LogP contribution < -0.4 is 0 Å². The molecule has 4 nitrogen and oxygen atoms in total. The number of nitrogens with zero attached hydrogens (tertiary/aromatic N) is 2. The number of hydrogen-bond donors (Lipinski definition) is 0. The van der Waals surface area contributed by atoms with Gasteiger partial charge in [-0.3, -0.25) is 9.69 Å². The van der Waals surface area contributed by atoms with Crippen LogP contribution in [0.2, 0.25) is 0 Å². The standard InChI is InChI=1S/C23H25FN2O2/c24-20-9-7-17(8-10-20)16-1-5-19(6-2-16)23(27)25-11-12-26-21(13-25)14-28-15-22(26)18-3-4-18/h1-2,5-10,18,21-22H,3-4,11-15H2/t21-,22-/m1/s1. The van der Waals surface area contributed by atoms with Gasteiger partial charge in [-0.25, -0.2) is 4.39 Å². The number of ether oxygens (including phenoxy) is 1. The zero-order chi connectivity index (χ0) is 19.1. The summed E-state index contributed by atoms with van der Waals surface area (Å²) in [5.41, 5.74) is 2.63. The Morgan fingerprint density at radius 3 is 2.29 bits per heavy atom. The molecule has 28 heavy (non-hydrogen) atoms. The van der Waals surface area contributed by atoms with Crippen LogP contribution in [-0.2, 0) is 4.74 Å². The molecule has 146 valence electrons. The lowest BCUT2D eigenvalue weighted by Crippen LogP contribution is -2.63. The summed E-state index contributed by atoms with van der Waals surface area (Å²) in [6.45, 7) is 4.02. The molecule has 0 unspecified atom stereocenters. The molecule has 1 amide bonds. The number of carbonyl (C=O) groups excluding carboxylic acids is 1. The molecule has 2 aromatic carbocycles. The first-order chi connectivity index (χ1) is 13.7. The molecular weight excluding hydrogens is 355 g/mol. The van der Waals surface area contributed by atoms with Crippen LogP contribution in [0, 0.1) is 11.7 Å². The highest BCUT2D eigenvalue weighted by molar-refractivity contribution is 5.94. The first-order valence-corrected chi connectivity index (χ1v) is 10.2. The average molecular weight is 380 g/mol. The van der Waals surface area contributed by atoms with Crippen LogP contribution in [0.1, 0.15) is 23.2 Å². The molecule has 5 rings (SSSR count). The van der Waals surface area contributed by atoms with Gasteiger partial charge in [-0.2, -0.15) is 0 Å². The molecule has 2 atom stereocenters. The molecule has 3 fully saturated rings. The fourth-order valence-corrected chi connectivity index (χ4v) is 4.58. The second-order valence-corrected chi connectivity index (χ2v) is 8.17. The minimum Gasteiger partial charge on any atom is -0.378 e. The molecule has 0 N–H and O–H groups in total. The topological polar surface area (TPSA) is 32.8 Å². The number of carbonyl (C=O) groups is 1. The van der Waals surface area contributed by atoms with Crippen molar-refractivity contribution in [2.24, 2.45) is 5.92 Å². The molecule has 2 saturated heterocycles. The monoisotopic (exact) mass is 380 g/mol. The van der Waals surface area contributed by atoms with Crippen molar-refractivity contribution in [3.05, 3.63) is 59.9 Å². The highest BCUT2D eigenvalue weighted by atomic mass is 19.1. The lowest BCUT2D eigenvalue weighted by atomic mass is 10.0. The Balaban J connectivity index is 1.27. The number of fused-ring (bicyclic) bond motifs is 1. The molecule has 5 heteroatoms. The Labute approximate surface area is 164 Å². The van der Waals surface area contributed by atoms with E-state index in [1.54, 1.807) is 12.1 Å². The van der Waals surface area contributed by atoms with Gasteiger partial charge in [0.2, 0.25) is 0 Å². The third-order valence-corrected chi connectivity index (χ3v) is 6.32. The lowest BCUT2D eigenvalue weighted by Gasteiger charge is -2.48. The lowest BCUT2D eigenvalue weighted by molar-refractivity contribution is -0.0816. The fourth-order valence-electron chi connectivity index (χ4n) is 4.58. The van der Waals surface area contributed by atoms with Gasteiger partial charge in [0, 0.05) is 31.2 Å². The summed E-state index contributed by atoms with van der Waals surface area (Å²) in [5.74, 6) is 0.633. The number of halogens is 1. The molecular formula is C23H25FN2O2. The molecule has 0 spiro atoms. The van der Waals surface area contributed by atoms with E-state index in [0.29, 0.717) is 17.6 Å². The predicted molar refractivity (Wildman–Crippen MR) is 106 cm³/mol. The summed E-state index contributed by atoms with van der Waals surface area (Å²) in [6.07, 6.45) is 2.64.